The number of nitrogens with one attached hydrogen (secondary N) is 1. The van der Waals surface area contributed by atoms with Crippen LogP contribution in [0.25, 0.3) is 4.91 Å². The van der Waals surface area contributed by atoms with E-state index in [4.69, 9.17) is 0 Å². The van der Waals surface area contributed by atoms with Gasteiger partial charge in [0.15, 0.2) is 0 Å². The molecule has 0 fully saturated rings. The van der Waals surface area contributed by atoms with E-state index in [0.29, 0.717) is 21.9 Å². The molecule has 4 nitrogen and oxygen atoms in total. The number of sulfonamides is 1. The van der Waals surface area contributed by atoms with Gasteiger partial charge >= 0.3 is 0 Å². The van der Waals surface area contributed by atoms with Crippen molar-refractivity contribution in [3.05, 3.63) is 40.5 Å². The van der Waals surface area contributed by atoms with Crippen LogP contribution in [0.3, 0.4) is 0 Å². The number of rotatable bonds is 1. The van der Waals surface area contributed by atoms with Gasteiger partial charge in [-0.05, 0) is 37.5 Å². The second-order valence-corrected chi connectivity index (χ2v) is 6.05. The lowest BCUT2D eigenvalue weighted by Crippen LogP contribution is -2.23. The zero-order valence-corrected chi connectivity index (χ0v) is 11.7. The summed E-state index contributed by atoms with van der Waals surface area (Å²) in [5.74, 6) is 0.420. The Morgan fingerprint density at radius 3 is 2.28 bits per heavy atom. The van der Waals surface area contributed by atoms with Crippen molar-refractivity contribution in [1.29, 1.82) is 0 Å². The number of aryl methyl sites for hydroxylation is 2. The Morgan fingerprint density at radius 2 is 1.78 bits per heavy atom. The van der Waals surface area contributed by atoms with Crippen LogP contribution in [0.2, 0.25) is 0 Å². The molecule has 0 radical (unpaired) electrons. The maximum atomic E-state index is 12.1. The van der Waals surface area contributed by atoms with Gasteiger partial charge in [0.05, 0.1) is 0 Å². The number of hydrogen-bond donors (Lipinski definition) is 1. The summed E-state index contributed by atoms with van der Waals surface area (Å²) in [5.41, 5.74) is 3.59. The molecule has 96 valence electrons. The van der Waals surface area contributed by atoms with Gasteiger partial charge in [0.1, 0.15) is 10.7 Å². The first-order valence-corrected chi connectivity index (χ1v) is 7.13. The molecule has 0 bridgehead atoms. The van der Waals surface area contributed by atoms with Crippen molar-refractivity contribution in [3.8, 4) is 0 Å². The van der Waals surface area contributed by atoms with Crippen molar-refractivity contribution in [2.24, 2.45) is 4.99 Å². The summed E-state index contributed by atoms with van der Waals surface area (Å²) in [5, 5.41) is 0. The maximum absolute atomic E-state index is 12.1. The Balaban J connectivity index is 2.68. The molecule has 1 aliphatic heterocycles. The quantitative estimate of drug-likeness (QED) is 0.843. The third kappa shape index (κ3) is 1.95. The van der Waals surface area contributed by atoms with Crippen molar-refractivity contribution >= 4 is 20.8 Å². The molecule has 18 heavy (non-hydrogen) atoms. The molecule has 5 heteroatoms. The largest absolute Gasteiger partial charge is 0.271 e. The van der Waals surface area contributed by atoms with Gasteiger partial charge in [0.2, 0.25) is 0 Å². The van der Waals surface area contributed by atoms with Crippen molar-refractivity contribution in [1.82, 2.24) is 4.72 Å². The molecule has 0 unspecified atom stereocenters. The first-order valence-electron chi connectivity index (χ1n) is 5.65. The molecule has 2 rings (SSSR count). The molecule has 0 aliphatic carbocycles. The summed E-state index contributed by atoms with van der Waals surface area (Å²) < 4.78 is 26.6. The van der Waals surface area contributed by atoms with Crippen LogP contribution in [0.5, 0.6) is 0 Å². The second kappa shape index (κ2) is 4.24. The highest BCUT2D eigenvalue weighted by Crippen LogP contribution is 2.30. The minimum atomic E-state index is -3.48. The highest BCUT2D eigenvalue weighted by atomic mass is 32.2. The van der Waals surface area contributed by atoms with Gasteiger partial charge in [-0.15, -0.1) is 0 Å². The maximum Gasteiger partial charge on any atom is 0.264 e. The summed E-state index contributed by atoms with van der Waals surface area (Å²) in [6.45, 7) is 5.74. The number of benzene rings is 1. The SMILES string of the molecule is CN=C1NS(=O)(=O)C(c2ccc(C)c(C)c2)=C1C. The molecule has 1 heterocycles. The minimum absolute atomic E-state index is 0.325. The van der Waals surface area contributed by atoms with E-state index in [1.807, 2.05) is 32.0 Å². The smallest absolute Gasteiger partial charge is 0.264 e. The van der Waals surface area contributed by atoms with E-state index in [-0.39, 0.29) is 0 Å². The van der Waals surface area contributed by atoms with Gasteiger partial charge in [0, 0.05) is 12.6 Å². The van der Waals surface area contributed by atoms with Crippen LogP contribution < -0.4 is 4.72 Å². The zero-order valence-electron chi connectivity index (χ0n) is 10.9. The fourth-order valence-corrected chi connectivity index (χ4v) is 3.57. The van der Waals surface area contributed by atoms with Crippen molar-refractivity contribution < 1.29 is 8.42 Å². The number of nitrogens with zero attached hydrogens (tertiary/aromatic N) is 1. The second-order valence-electron chi connectivity index (χ2n) is 4.43. The average molecular weight is 264 g/mol. The number of hydrogen-bond acceptors (Lipinski definition) is 3. The van der Waals surface area contributed by atoms with E-state index in [9.17, 15) is 8.42 Å². The molecule has 0 saturated carbocycles. The summed E-state index contributed by atoms with van der Waals surface area (Å²) in [7, 11) is -1.91. The van der Waals surface area contributed by atoms with E-state index in [0.717, 1.165) is 11.1 Å². The first kappa shape index (κ1) is 12.8. The standard InChI is InChI=1S/C13H16N2O2S/c1-8-5-6-11(7-9(8)2)12-10(3)13(14-4)15-18(12,16)17/h5-7H,1-4H3,(H,14,15). The van der Waals surface area contributed by atoms with Crippen molar-refractivity contribution in [2.45, 2.75) is 20.8 Å². The van der Waals surface area contributed by atoms with Crippen LogP contribution in [0.4, 0.5) is 0 Å². The lowest BCUT2D eigenvalue weighted by atomic mass is 10.0. The van der Waals surface area contributed by atoms with Gasteiger partial charge in [-0.2, -0.15) is 0 Å². The van der Waals surface area contributed by atoms with Crippen molar-refractivity contribution in [3.63, 3.8) is 0 Å². The number of amidine groups is 1. The molecular formula is C13H16N2O2S. The minimum Gasteiger partial charge on any atom is -0.271 e. The monoisotopic (exact) mass is 264 g/mol. The van der Waals surface area contributed by atoms with Crippen LogP contribution >= 0.6 is 0 Å². The van der Waals surface area contributed by atoms with Gasteiger partial charge < -0.3 is 0 Å². The number of aliphatic imine (C=N–C) groups is 1. The summed E-state index contributed by atoms with van der Waals surface area (Å²) in [6.07, 6.45) is 0. The highest BCUT2D eigenvalue weighted by molar-refractivity contribution is 8.00. The topological polar surface area (TPSA) is 58.5 Å². The van der Waals surface area contributed by atoms with E-state index in [1.165, 1.54) is 0 Å². The van der Waals surface area contributed by atoms with Crippen LogP contribution in [0, 0.1) is 13.8 Å². The highest BCUT2D eigenvalue weighted by Gasteiger charge is 2.32. The predicted octanol–water partition coefficient (Wildman–Crippen LogP) is 2.00. The van der Waals surface area contributed by atoms with E-state index >= 15 is 0 Å². The molecule has 0 aromatic heterocycles. The van der Waals surface area contributed by atoms with Gasteiger partial charge in [-0.25, -0.2) is 8.42 Å². The van der Waals surface area contributed by atoms with Crippen LogP contribution in [0.15, 0.2) is 28.8 Å². The van der Waals surface area contributed by atoms with Gasteiger partial charge in [-0.3, -0.25) is 9.71 Å². The third-order valence-corrected chi connectivity index (χ3v) is 4.73. The molecule has 0 spiro atoms. The predicted molar refractivity (Wildman–Crippen MR) is 73.9 cm³/mol. The summed E-state index contributed by atoms with van der Waals surface area (Å²) in [4.78, 5) is 4.27. The molecule has 0 saturated heterocycles. The molecule has 1 aromatic carbocycles. The van der Waals surface area contributed by atoms with Crippen molar-refractivity contribution in [2.75, 3.05) is 7.05 Å². The van der Waals surface area contributed by atoms with Crippen LogP contribution in [0.1, 0.15) is 23.6 Å². The Bertz CT molecular complexity index is 670. The molecule has 0 atom stereocenters. The molecule has 1 aromatic rings. The first-order chi connectivity index (χ1) is 8.36. The van der Waals surface area contributed by atoms with Gasteiger partial charge in [-0.1, -0.05) is 18.2 Å². The summed E-state index contributed by atoms with van der Waals surface area (Å²) in [6, 6.07) is 5.66. The van der Waals surface area contributed by atoms with Crippen LogP contribution in [-0.2, 0) is 10.0 Å². The fraction of sp³-hybridized carbons (Fsp3) is 0.308. The normalized spacial score (nSPS) is 20.3. The average Bonchev–Trinajstić information content (AvgIpc) is 2.53. The molecule has 0 amide bonds. The van der Waals surface area contributed by atoms with E-state index in [1.54, 1.807) is 14.0 Å². The molecular weight excluding hydrogens is 248 g/mol. The van der Waals surface area contributed by atoms with E-state index in [2.05, 4.69) is 9.71 Å². The third-order valence-electron chi connectivity index (χ3n) is 3.19. The Kier molecular flexibility index (Phi) is 3.02. The Morgan fingerprint density at radius 1 is 1.11 bits per heavy atom. The zero-order chi connectivity index (χ0) is 13.5. The summed E-state index contributed by atoms with van der Waals surface area (Å²) >= 11 is 0. The lowest BCUT2D eigenvalue weighted by molar-refractivity contribution is 0.603. The van der Waals surface area contributed by atoms with E-state index < -0.39 is 10.0 Å². The molecule has 1 N–H and O–H groups in total. The molecule has 1 aliphatic rings. The lowest BCUT2D eigenvalue weighted by Gasteiger charge is -2.06. The van der Waals surface area contributed by atoms with Gasteiger partial charge in [0.25, 0.3) is 10.0 Å². The fourth-order valence-electron chi connectivity index (χ4n) is 2.03. The Hall–Kier alpha value is -1.62. The Labute approximate surface area is 107 Å². The van der Waals surface area contributed by atoms with Crippen LogP contribution in [-0.4, -0.2) is 21.3 Å².